The van der Waals surface area contributed by atoms with Gasteiger partial charge >= 0.3 is 5.97 Å². The van der Waals surface area contributed by atoms with Gasteiger partial charge in [-0.1, -0.05) is 12.1 Å². The van der Waals surface area contributed by atoms with Crippen molar-refractivity contribution in [1.82, 2.24) is 9.80 Å². The minimum atomic E-state index is -0.701. The third-order valence-corrected chi connectivity index (χ3v) is 7.17. The van der Waals surface area contributed by atoms with Crippen LogP contribution < -0.4 is 0 Å². The van der Waals surface area contributed by atoms with Gasteiger partial charge in [0.15, 0.2) is 0 Å². The number of carboxylic acids is 1. The van der Waals surface area contributed by atoms with E-state index in [-0.39, 0.29) is 12.3 Å². The number of aliphatic carboxylic acids is 1. The predicted octanol–water partition coefficient (Wildman–Crippen LogP) is 3.88. The number of likely N-dealkylation sites (tertiary alicyclic amines) is 1. The van der Waals surface area contributed by atoms with Crippen molar-refractivity contribution in [2.75, 3.05) is 20.1 Å². The molecule has 2 aliphatic heterocycles. The van der Waals surface area contributed by atoms with Crippen LogP contribution in [0.25, 0.3) is 0 Å². The molecule has 5 heteroatoms. The van der Waals surface area contributed by atoms with Crippen LogP contribution in [0.4, 0.5) is 0 Å². The largest absolute Gasteiger partial charge is 0.481 e. The lowest BCUT2D eigenvalue weighted by molar-refractivity contribution is -0.137. The molecule has 0 spiro atoms. The lowest BCUT2D eigenvalue weighted by atomic mass is 9.83. The van der Waals surface area contributed by atoms with Crippen LogP contribution in [-0.4, -0.2) is 53.0 Å². The molecule has 2 fully saturated rings. The summed E-state index contributed by atoms with van der Waals surface area (Å²) in [6, 6.07) is 6.85. The summed E-state index contributed by atoms with van der Waals surface area (Å²) < 4.78 is 0. The molecule has 0 unspecified atom stereocenters. The summed E-state index contributed by atoms with van der Waals surface area (Å²) in [5.74, 6) is 0.616. The van der Waals surface area contributed by atoms with Gasteiger partial charge in [0.2, 0.25) is 0 Å². The van der Waals surface area contributed by atoms with E-state index in [2.05, 4.69) is 35.0 Å². The zero-order valence-corrected chi connectivity index (χ0v) is 16.9. The van der Waals surface area contributed by atoms with Crippen LogP contribution in [0.1, 0.15) is 78.8 Å². The summed E-state index contributed by atoms with van der Waals surface area (Å²) in [4.78, 5) is 28.2. The molecule has 0 radical (unpaired) electrons. The molecule has 1 aromatic rings. The first-order chi connectivity index (χ1) is 13.5. The van der Waals surface area contributed by atoms with Gasteiger partial charge in [0.1, 0.15) is 0 Å². The molecule has 1 N–H and O–H groups in total. The van der Waals surface area contributed by atoms with E-state index in [1.165, 1.54) is 24.0 Å². The number of carboxylic acid groups (broad SMARTS) is 1. The van der Waals surface area contributed by atoms with Gasteiger partial charge in [0.05, 0.1) is 0 Å². The van der Waals surface area contributed by atoms with Crippen molar-refractivity contribution in [3.63, 3.8) is 0 Å². The molecular formula is C23H32N2O3. The van der Waals surface area contributed by atoms with Crippen LogP contribution in [0.2, 0.25) is 0 Å². The number of carbonyl (C=O) groups excluding carboxylic acids is 1. The van der Waals surface area contributed by atoms with Crippen molar-refractivity contribution >= 4 is 11.9 Å². The molecule has 152 valence electrons. The minimum Gasteiger partial charge on any atom is -0.481 e. The van der Waals surface area contributed by atoms with Crippen molar-refractivity contribution in [1.29, 1.82) is 0 Å². The lowest BCUT2D eigenvalue weighted by Gasteiger charge is -2.34. The predicted molar refractivity (Wildman–Crippen MR) is 108 cm³/mol. The Morgan fingerprint density at radius 2 is 1.82 bits per heavy atom. The van der Waals surface area contributed by atoms with Crippen molar-refractivity contribution in [3.05, 3.63) is 34.9 Å². The molecule has 0 bridgehead atoms. The highest BCUT2D eigenvalue weighted by Gasteiger charge is 2.35. The Balaban J connectivity index is 1.37. The van der Waals surface area contributed by atoms with Gasteiger partial charge in [-0.15, -0.1) is 0 Å². The number of fused-ring (bicyclic) bond motifs is 1. The maximum atomic E-state index is 13.0. The second-order valence-corrected chi connectivity index (χ2v) is 9.03. The maximum Gasteiger partial charge on any atom is 0.303 e. The summed E-state index contributed by atoms with van der Waals surface area (Å²) in [5.41, 5.74) is 3.50. The number of hydrogen-bond donors (Lipinski definition) is 1. The Kier molecular flexibility index (Phi) is 5.72. The van der Waals surface area contributed by atoms with Crippen LogP contribution in [-0.2, 0) is 11.3 Å². The highest BCUT2D eigenvalue weighted by atomic mass is 16.4. The molecule has 28 heavy (non-hydrogen) atoms. The molecule has 1 amide bonds. The maximum absolute atomic E-state index is 13.0. The molecule has 5 nitrogen and oxygen atoms in total. The number of benzene rings is 1. The normalized spacial score (nSPS) is 26.5. The summed E-state index contributed by atoms with van der Waals surface area (Å²) in [7, 11) is 2.19. The summed E-state index contributed by atoms with van der Waals surface area (Å²) >= 11 is 0. The number of amides is 1. The van der Waals surface area contributed by atoms with E-state index in [9.17, 15) is 9.59 Å². The molecule has 1 aliphatic carbocycles. The Morgan fingerprint density at radius 1 is 1.11 bits per heavy atom. The van der Waals surface area contributed by atoms with Crippen molar-refractivity contribution < 1.29 is 14.7 Å². The first-order valence-electron chi connectivity index (χ1n) is 10.9. The molecule has 2 heterocycles. The fourth-order valence-corrected chi connectivity index (χ4v) is 5.33. The topological polar surface area (TPSA) is 60.9 Å². The van der Waals surface area contributed by atoms with E-state index in [1.54, 1.807) is 0 Å². The Bertz CT molecular complexity index is 731. The van der Waals surface area contributed by atoms with E-state index in [4.69, 9.17) is 5.11 Å². The Morgan fingerprint density at radius 3 is 2.50 bits per heavy atom. The van der Waals surface area contributed by atoms with Crippen LogP contribution in [0.15, 0.2) is 18.2 Å². The molecule has 3 aliphatic rings. The Hall–Kier alpha value is -1.88. The van der Waals surface area contributed by atoms with Crippen molar-refractivity contribution in [2.45, 2.75) is 69.9 Å². The van der Waals surface area contributed by atoms with E-state index in [0.29, 0.717) is 17.9 Å². The summed E-state index contributed by atoms with van der Waals surface area (Å²) in [6.45, 7) is 3.05. The number of carbonyl (C=O) groups is 2. The summed E-state index contributed by atoms with van der Waals surface area (Å²) in [5, 5.41) is 8.88. The molecule has 4 rings (SSSR count). The van der Waals surface area contributed by atoms with Gasteiger partial charge in [0, 0.05) is 24.6 Å². The van der Waals surface area contributed by atoms with Crippen molar-refractivity contribution in [3.8, 4) is 0 Å². The zero-order chi connectivity index (χ0) is 19.7. The van der Waals surface area contributed by atoms with Crippen LogP contribution >= 0.6 is 0 Å². The van der Waals surface area contributed by atoms with Crippen LogP contribution in [0.3, 0.4) is 0 Å². The smallest absolute Gasteiger partial charge is 0.303 e. The highest BCUT2D eigenvalue weighted by molar-refractivity contribution is 5.98. The van der Waals surface area contributed by atoms with Gasteiger partial charge in [-0.05, 0) is 94.1 Å². The number of hydrogen-bond acceptors (Lipinski definition) is 3. The number of piperidine rings is 1. The van der Waals surface area contributed by atoms with E-state index in [0.717, 1.165) is 57.3 Å². The monoisotopic (exact) mass is 384 g/mol. The van der Waals surface area contributed by atoms with Crippen LogP contribution in [0.5, 0.6) is 0 Å². The second-order valence-electron chi connectivity index (χ2n) is 9.03. The first-order valence-corrected chi connectivity index (χ1v) is 10.9. The third kappa shape index (κ3) is 4.09. The van der Waals surface area contributed by atoms with E-state index < -0.39 is 5.97 Å². The third-order valence-electron chi connectivity index (χ3n) is 7.17. The van der Waals surface area contributed by atoms with E-state index in [1.807, 2.05) is 0 Å². The molecule has 1 saturated heterocycles. The SMILES string of the molecule is CN1CCC(c2ccc3c(c2)CN(C2CCC(CCC(=O)O)CC2)C3=O)CC1. The quantitative estimate of drug-likeness (QED) is 0.837. The van der Waals surface area contributed by atoms with Gasteiger partial charge < -0.3 is 14.9 Å². The lowest BCUT2D eigenvalue weighted by Crippen LogP contribution is -2.38. The molecular weight excluding hydrogens is 352 g/mol. The average Bonchev–Trinajstić information content (AvgIpc) is 3.03. The second kappa shape index (κ2) is 8.24. The standard InChI is InChI=1S/C23H32N2O3/c1-24-12-10-17(11-13-24)18-5-8-21-19(14-18)15-25(23(21)28)20-6-2-16(3-7-20)4-9-22(26)27/h5,8,14,16-17,20H,2-4,6-7,9-13,15H2,1H3,(H,26,27). The van der Waals surface area contributed by atoms with Crippen molar-refractivity contribution in [2.24, 2.45) is 5.92 Å². The highest BCUT2D eigenvalue weighted by Crippen LogP contribution is 2.36. The first kappa shape index (κ1) is 19.4. The van der Waals surface area contributed by atoms with Gasteiger partial charge in [-0.3, -0.25) is 9.59 Å². The molecule has 0 atom stereocenters. The number of rotatable bonds is 5. The van der Waals surface area contributed by atoms with Gasteiger partial charge in [-0.25, -0.2) is 0 Å². The zero-order valence-electron chi connectivity index (χ0n) is 16.9. The molecule has 1 aromatic carbocycles. The van der Waals surface area contributed by atoms with E-state index >= 15 is 0 Å². The minimum absolute atomic E-state index is 0.193. The summed E-state index contributed by atoms with van der Waals surface area (Å²) in [6.07, 6.45) is 7.54. The van der Waals surface area contributed by atoms with Crippen LogP contribution in [0, 0.1) is 5.92 Å². The Labute approximate surface area is 167 Å². The fraction of sp³-hybridized carbons (Fsp3) is 0.652. The average molecular weight is 385 g/mol. The van der Waals surface area contributed by atoms with Gasteiger partial charge in [0.25, 0.3) is 5.91 Å². The molecule has 0 aromatic heterocycles. The van der Waals surface area contributed by atoms with Gasteiger partial charge in [-0.2, -0.15) is 0 Å². The number of nitrogens with zero attached hydrogens (tertiary/aromatic N) is 2. The molecule has 1 saturated carbocycles. The fourth-order valence-electron chi connectivity index (χ4n) is 5.33.